The van der Waals surface area contributed by atoms with Crippen LogP contribution in [0.3, 0.4) is 0 Å². The Morgan fingerprint density at radius 1 is 0.971 bits per heavy atom. The van der Waals surface area contributed by atoms with Gasteiger partial charge in [0.05, 0.1) is 27.5 Å². The average molecular weight is 558 g/mol. The number of nitro groups is 1. The zero-order valence-corrected chi connectivity index (χ0v) is 21.3. The lowest BCUT2D eigenvalue weighted by Crippen LogP contribution is -2.16. The summed E-state index contributed by atoms with van der Waals surface area (Å²) in [5.41, 5.74) is 2.79. The van der Waals surface area contributed by atoms with E-state index < -0.39 is 4.92 Å². The second kappa shape index (κ2) is 12.5. The first-order chi connectivity index (χ1) is 15.9. The number of aromatic amines is 1. The van der Waals surface area contributed by atoms with Gasteiger partial charge in [-0.05, 0) is 31.2 Å². The second-order valence-corrected chi connectivity index (χ2v) is 7.82. The Hall–Kier alpha value is -3.18. The molecule has 0 aliphatic rings. The van der Waals surface area contributed by atoms with Crippen LogP contribution in [0.25, 0.3) is 22.5 Å². The van der Waals surface area contributed by atoms with E-state index in [1.165, 1.54) is 12.3 Å². The van der Waals surface area contributed by atoms with Crippen LogP contribution < -0.4 is 10.6 Å². The molecule has 0 spiro atoms. The number of nitrogens with one attached hydrogen (secondary N) is 3. The first-order valence-electron chi connectivity index (χ1n) is 9.83. The van der Waals surface area contributed by atoms with Gasteiger partial charge in [-0.1, -0.05) is 23.2 Å². The number of H-pyrrole nitrogens is 1. The van der Waals surface area contributed by atoms with E-state index in [1.54, 1.807) is 30.6 Å². The summed E-state index contributed by atoms with van der Waals surface area (Å²) in [6.07, 6.45) is 4.63. The molecular formula is C21H20Cl4N8O2. The zero-order valence-electron chi connectivity index (χ0n) is 18.2. The number of imidazole rings is 1. The lowest BCUT2D eigenvalue weighted by molar-refractivity contribution is -0.385. The van der Waals surface area contributed by atoms with Crippen molar-refractivity contribution >= 4 is 65.5 Å². The van der Waals surface area contributed by atoms with Gasteiger partial charge in [-0.3, -0.25) is 10.1 Å². The molecule has 0 radical (unpaired) electrons. The molecule has 0 aliphatic heterocycles. The van der Waals surface area contributed by atoms with Crippen LogP contribution in [0.5, 0.6) is 0 Å². The molecule has 0 amide bonds. The lowest BCUT2D eigenvalue weighted by atomic mass is 10.1. The second-order valence-electron chi connectivity index (χ2n) is 6.97. The molecule has 0 fully saturated rings. The predicted octanol–water partition coefficient (Wildman–Crippen LogP) is 5.82. The molecule has 3 heterocycles. The van der Waals surface area contributed by atoms with E-state index >= 15 is 0 Å². The molecule has 10 nitrogen and oxygen atoms in total. The highest BCUT2D eigenvalue weighted by Gasteiger charge is 2.16. The average Bonchev–Trinajstić information content (AvgIpc) is 3.23. The van der Waals surface area contributed by atoms with Crippen LogP contribution in [0.15, 0.2) is 48.9 Å². The van der Waals surface area contributed by atoms with Gasteiger partial charge in [0.15, 0.2) is 0 Å². The molecule has 3 N–H and O–H groups in total. The summed E-state index contributed by atoms with van der Waals surface area (Å²) in [4.78, 5) is 30.8. The van der Waals surface area contributed by atoms with Gasteiger partial charge in [0.25, 0.3) is 5.69 Å². The normalized spacial score (nSPS) is 10.1. The van der Waals surface area contributed by atoms with Gasteiger partial charge in [-0.25, -0.2) is 19.9 Å². The summed E-state index contributed by atoms with van der Waals surface area (Å²) < 4.78 is 0. The first-order valence-corrected chi connectivity index (χ1v) is 10.6. The van der Waals surface area contributed by atoms with Crippen LogP contribution in [0, 0.1) is 17.0 Å². The van der Waals surface area contributed by atoms with Gasteiger partial charge in [0.2, 0.25) is 5.95 Å². The van der Waals surface area contributed by atoms with Crippen molar-refractivity contribution in [3.8, 4) is 22.5 Å². The molecule has 0 saturated carbocycles. The molecular weight excluding hydrogens is 538 g/mol. The predicted molar refractivity (Wildman–Crippen MR) is 142 cm³/mol. The van der Waals surface area contributed by atoms with E-state index in [4.69, 9.17) is 23.2 Å². The van der Waals surface area contributed by atoms with E-state index in [9.17, 15) is 10.1 Å². The van der Waals surface area contributed by atoms with E-state index in [0.29, 0.717) is 46.2 Å². The highest BCUT2D eigenvalue weighted by molar-refractivity contribution is 6.36. The number of pyridine rings is 1. The van der Waals surface area contributed by atoms with Gasteiger partial charge in [-0.2, -0.15) is 0 Å². The fourth-order valence-electron chi connectivity index (χ4n) is 3.07. The van der Waals surface area contributed by atoms with Crippen LogP contribution in [0.1, 0.15) is 5.82 Å². The minimum atomic E-state index is -0.492. The van der Waals surface area contributed by atoms with Crippen LogP contribution in [0.4, 0.5) is 17.5 Å². The lowest BCUT2D eigenvalue weighted by Gasteiger charge is -2.12. The van der Waals surface area contributed by atoms with E-state index in [-0.39, 0.29) is 30.5 Å². The largest absolute Gasteiger partial charge is 0.368 e. The highest BCUT2D eigenvalue weighted by atomic mass is 35.5. The quantitative estimate of drug-likeness (QED) is 0.140. The molecule has 0 unspecified atom stereocenters. The van der Waals surface area contributed by atoms with Crippen LogP contribution in [-0.4, -0.2) is 42.9 Å². The molecule has 35 heavy (non-hydrogen) atoms. The number of aromatic nitrogens is 5. The fraction of sp³-hybridized carbons (Fsp3) is 0.143. The molecule has 4 aromatic rings. The maximum Gasteiger partial charge on any atom is 0.287 e. The molecule has 0 atom stereocenters. The fourth-order valence-corrected chi connectivity index (χ4v) is 3.57. The Balaban J connectivity index is 0.00000216. The molecule has 3 aromatic heterocycles. The highest BCUT2D eigenvalue weighted by Crippen LogP contribution is 2.35. The van der Waals surface area contributed by atoms with Crippen molar-refractivity contribution < 1.29 is 4.92 Å². The number of anilines is 2. The van der Waals surface area contributed by atoms with Gasteiger partial charge in [-0.15, -0.1) is 24.8 Å². The van der Waals surface area contributed by atoms with Gasteiger partial charge in [0.1, 0.15) is 17.8 Å². The van der Waals surface area contributed by atoms with Crippen molar-refractivity contribution in [1.82, 2.24) is 24.9 Å². The third-order valence-electron chi connectivity index (χ3n) is 4.64. The number of hydrogen-bond donors (Lipinski definition) is 3. The van der Waals surface area contributed by atoms with Crippen molar-refractivity contribution in [3.05, 3.63) is 74.9 Å². The topological polar surface area (TPSA) is 135 Å². The van der Waals surface area contributed by atoms with Gasteiger partial charge >= 0.3 is 0 Å². The van der Waals surface area contributed by atoms with E-state index in [0.717, 1.165) is 17.1 Å². The van der Waals surface area contributed by atoms with E-state index in [2.05, 4.69) is 35.6 Å². The number of aryl methyl sites for hydroxylation is 1. The van der Waals surface area contributed by atoms with Gasteiger partial charge < -0.3 is 15.6 Å². The SMILES string of the molecule is Cc1ncc(-c2cnc(NCCNc3ccc([N+](=O)[O-])cn3)nc2-c2ccc(Cl)cc2Cl)[nH]1.Cl.Cl. The third kappa shape index (κ3) is 6.92. The number of hydrogen-bond acceptors (Lipinski definition) is 8. The Kier molecular flexibility index (Phi) is 10.0. The number of benzene rings is 1. The van der Waals surface area contributed by atoms with Crippen LogP contribution in [0.2, 0.25) is 10.0 Å². The van der Waals surface area contributed by atoms with Crippen LogP contribution >= 0.6 is 48.0 Å². The standard InChI is InChI=1S/C21H18Cl2N8O2.2ClH/c1-12-26-11-18(29-12)16-10-28-21(30-20(16)15-4-2-13(22)8-17(15)23)25-7-6-24-19-5-3-14(9-27-19)31(32)33;;/h2-5,8-11H,6-7H2,1H3,(H,24,27)(H,26,29)(H,25,28,30);2*1H. The summed E-state index contributed by atoms with van der Waals surface area (Å²) in [6, 6.07) is 8.17. The Morgan fingerprint density at radius 3 is 2.37 bits per heavy atom. The summed E-state index contributed by atoms with van der Waals surface area (Å²) in [5, 5.41) is 17.9. The maximum atomic E-state index is 10.7. The number of nitrogens with zero attached hydrogens (tertiary/aromatic N) is 5. The maximum absolute atomic E-state index is 10.7. The summed E-state index contributed by atoms with van der Waals surface area (Å²) in [6.45, 7) is 2.84. The minimum Gasteiger partial charge on any atom is -0.368 e. The first kappa shape index (κ1) is 28.1. The summed E-state index contributed by atoms with van der Waals surface area (Å²) in [7, 11) is 0. The van der Waals surface area contributed by atoms with Crippen molar-refractivity contribution in [2.45, 2.75) is 6.92 Å². The van der Waals surface area contributed by atoms with Crippen molar-refractivity contribution in [1.29, 1.82) is 0 Å². The molecule has 184 valence electrons. The molecule has 0 bridgehead atoms. The smallest absolute Gasteiger partial charge is 0.287 e. The Bertz CT molecular complexity index is 1300. The molecule has 0 saturated heterocycles. The van der Waals surface area contributed by atoms with Crippen LogP contribution in [-0.2, 0) is 0 Å². The van der Waals surface area contributed by atoms with E-state index in [1.807, 2.05) is 13.0 Å². The number of rotatable bonds is 8. The molecule has 0 aliphatic carbocycles. The Morgan fingerprint density at radius 2 is 1.74 bits per heavy atom. The minimum absolute atomic E-state index is 0. The molecule has 4 rings (SSSR count). The summed E-state index contributed by atoms with van der Waals surface area (Å²) >= 11 is 12.5. The Labute approximate surface area is 222 Å². The third-order valence-corrected chi connectivity index (χ3v) is 5.19. The number of halogens is 4. The zero-order chi connectivity index (χ0) is 23.4. The van der Waals surface area contributed by atoms with Crippen molar-refractivity contribution in [2.24, 2.45) is 0 Å². The van der Waals surface area contributed by atoms with Crippen molar-refractivity contribution in [3.63, 3.8) is 0 Å². The summed E-state index contributed by atoms with van der Waals surface area (Å²) in [5.74, 6) is 1.71. The van der Waals surface area contributed by atoms with Crippen molar-refractivity contribution in [2.75, 3.05) is 23.7 Å². The molecule has 14 heteroatoms. The van der Waals surface area contributed by atoms with Gasteiger partial charge in [0, 0.05) is 41.5 Å². The molecule has 1 aromatic carbocycles. The monoisotopic (exact) mass is 556 g/mol.